The quantitative estimate of drug-likeness (QED) is 0.635. The van der Waals surface area contributed by atoms with Gasteiger partial charge in [-0.15, -0.1) is 0 Å². The van der Waals surface area contributed by atoms with Crippen LogP contribution in [-0.4, -0.2) is 29.2 Å². The third-order valence-corrected chi connectivity index (χ3v) is 4.73. The molecule has 1 fully saturated rings. The normalized spacial score (nSPS) is 16.1. The van der Waals surface area contributed by atoms with Gasteiger partial charge in [0.1, 0.15) is 11.6 Å². The zero-order chi connectivity index (χ0) is 19.2. The number of anilines is 2. The zero-order valence-electron chi connectivity index (χ0n) is 15.6. The minimum atomic E-state index is -0.232. The number of benzene rings is 2. The van der Waals surface area contributed by atoms with Gasteiger partial charge in [0, 0.05) is 36.9 Å². The van der Waals surface area contributed by atoms with Gasteiger partial charge in [0.05, 0.1) is 11.8 Å². The van der Waals surface area contributed by atoms with Crippen LogP contribution in [0.3, 0.4) is 0 Å². The van der Waals surface area contributed by atoms with Gasteiger partial charge >= 0.3 is 0 Å². The van der Waals surface area contributed by atoms with Crippen LogP contribution in [0, 0.1) is 5.82 Å². The van der Waals surface area contributed by atoms with Gasteiger partial charge in [-0.05, 0) is 18.9 Å². The van der Waals surface area contributed by atoms with Crippen LogP contribution in [0.1, 0.15) is 18.4 Å². The Labute approximate surface area is 164 Å². The van der Waals surface area contributed by atoms with E-state index in [-0.39, 0.29) is 11.9 Å². The molecule has 1 aromatic heterocycles. The fraction of sp³-hybridized carbons (Fsp3) is 0.273. The summed E-state index contributed by atoms with van der Waals surface area (Å²) < 4.78 is 19.6. The molecule has 1 unspecified atom stereocenters. The molecule has 3 aromatic rings. The maximum absolute atomic E-state index is 13.9. The first-order valence-corrected chi connectivity index (χ1v) is 9.55. The van der Waals surface area contributed by atoms with Crippen molar-refractivity contribution in [2.45, 2.75) is 25.5 Å². The fourth-order valence-corrected chi connectivity index (χ4v) is 3.21. The molecule has 0 spiro atoms. The van der Waals surface area contributed by atoms with Gasteiger partial charge in [0.25, 0.3) is 0 Å². The largest absolute Gasteiger partial charge is 0.376 e. The third-order valence-electron chi connectivity index (χ3n) is 4.73. The molecule has 28 heavy (non-hydrogen) atoms. The van der Waals surface area contributed by atoms with Gasteiger partial charge in [-0.25, -0.2) is 9.37 Å². The highest BCUT2D eigenvalue weighted by molar-refractivity contribution is 5.64. The molecule has 0 bridgehead atoms. The standard InChI is InChI=1S/C22H23FN4O/c23-19-11-5-4-9-17(19)14-24-21-13-20(16-7-2-1-3-8-16)26-22(27-21)25-15-18-10-6-12-28-18/h1-5,7-9,11,13,18H,6,10,12,14-15H2,(H2,24,25,26,27). The topological polar surface area (TPSA) is 59.1 Å². The maximum Gasteiger partial charge on any atom is 0.225 e. The number of ether oxygens (including phenoxy) is 1. The van der Waals surface area contributed by atoms with Crippen LogP contribution in [0.2, 0.25) is 0 Å². The lowest BCUT2D eigenvalue weighted by Gasteiger charge is -2.14. The summed E-state index contributed by atoms with van der Waals surface area (Å²) >= 11 is 0. The number of nitrogens with zero attached hydrogens (tertiary/aromatic N) is 2. The van der Waals surface area contributed by atoms with E-state index in [4.69, 9.17) is 4.74 Å². The van der Waals surface area contributed by atoms with E-state index in [1.54, 1.807) is 12.1 Å². The van der Waals surface area contributed by atoms with Gasteiger partial charge in [0.2, 0.25) is 5.95 Å². The van der Waals surface area contributed by atoms with Crippen molar-refractivity contribution in [3.63, 3.8) is 0 Å². The lowest BCUT2D eigenvalue weighted by molar-refractivity contribution is 0.120. The van der Waals surface area contributed by atoms with Crippen LogP contribution < -0.4 is 10.6 Å². The number of rotatable bonds is 7. The monoisotopic (exact) mass is 378 g/mol. The molecule has 1 saturated heterocycles. The van der Waals surface area contributed by atoms with Crippen LogP contribution in [0.25, 0.3) is 11.3 Å². The van der Waals surface area contributed by atoms with E-state index in [2.05, 4.69) is 20.6 Å². The third kappa shape index (κ3) is 4.64. The number of aromatic nitrogens is 2. The van der Waals surface area contributed by atoms with Gasteiger partial charge in [-0.1, -0.05) is 48.5 Å². The molecule has 1 atom stereocenters. The number of nitrogens with one attached hydrogen (secondary N) is 2. The van der Waals surface area contributed by atoms with Crippen molar-refractivity contribution < 1.29 is 9.13 Å². The minimum Gasteiger partial charge on any atom is -0.376 e. The smallest absolute Gasteiger partial charge is 0.225 e. The molecule has 1 aliphatic rings. The number of hydrogen-bond acceptors (Lipinski definition) is 5. The van der Waals surface area contributed by atoms with E-state index in [9.17, 15) is 4.39 Å². The highest BCUT2D eigenvalue weighted by atomic mass is 19.1. The van der Waals surface area contributed by atoms with Crippen LogP contribution in [-0.2, 0) is 11.3 Å². The van der Waals surface area contributed by atoms with Gasteiger partial charge in [-0.3, -0.25) is 0 Å². The van der Waals surface area contributed by atoms with Gasteiger partial charge in [0.15, 0.2) is 0 Å². The lowest BCUT2D eigenvalue weighted by Crippen LogP contribution is -2.20. The van der Waals surface area contributed by atoms with E-state index >= 15 is 0 Å². The second kappa shape index (κ2) is 8.80. The molecule has 2 N–H and O–H groups in total. The molecule has 2 aromatic carbocycles. The molecule has 0 saturated carbocycles. The van der Waals surface area contributed by atoms with Crippen molar-refractivity contribution in [3.8, 4) is 11.3 Å². The molecule has 0 amide bonds. The summed E-state index contributed by atoms with van der Waals surface area (Å²) in [7, 11) is 0. The molecular formula is C22H23FN4O. The van der Waals surface area contributed by atoms with Crippen LogP contribution in [0.5, 0.6) is 0 Å². The van der Waals surface area contributed by atoms with Gasteiger partial charge < -0.3 is 15.4 Å². The molecule has 0 radical (unpaired) electrons. The lowest BCUT2D eigenvalue weighted by atomic mass is 10.1. The maximum atomic E-state index is 13.9. The van der Waals surface area contributed by atoms with Crippen molar-refractivity contribution >= 4 is 11.8 Å². The summed E-state index contributed by atoms with van der Waals surface area (Å²) in [4.78, 5) is 9.20. The van der Waals surface area contributed by atoms with Crippen molar-refractivity contribution in [1.29, 1.82) is 0 Å². The zero-order valence-corrected chi connectivity index (χ0v) is 15.6. The molecule has 5 nitrogen and oxygen atoms in total. The Balaban J connectivity index is 1.55. The predicted molar refractivity (Wildman–Crippen MR) is 109 cm³/mol. The minimum absolute atomic E-state index is 0.193. The Bertz CT molecular complexity index is 913. The Morgan fingerprint density at radius 2 is 1.82 bits per heavy atom. The second-order valence-corrected chi connectivity index (χ2v) is 6.79. The first kappa shape index (κ1) is 18.4. The highest BCUT2D eigenvalue weighted by Crippen LogP contribution is 2.22. The SMILES string of the molecule is Fc1ccccc1CNc1cc(-c2ccccc2)nc(NCC2CCCO2)n1. The summed E-state index contributed by atoms with van der Waals surface area (Å²) in [6.45, 7) is 1.83. The Morgan fingerprint density at radius 3 is 2.61 bits per heavy atom. The van der Waals surface area contributed by atoms with Crippen molar-refractivity contribution in [3.05, 3.63) is 72.0 Å². The van der Waals surface area contributed by atoms with E-state index in [1.807, 2.05) is 42.5 Å². The first-order chi connectivity index (χ1) is 13.8. The fourth-order valence-electron chi connectivity index (χ4n) is 3.21. The molecule has 6 heteroatoms. The average Bonchev–Trinajstić information content (AvgIpc) is 3.26. The summed E-state index contributed by atoms with van der Waals surface area (Å²) in [5.41, 5.74) is 2.40. The Hall–Kier alpha value is -2.99. The van der Waals surface area contributed by atoms with Crippen molar-refractivity contribution in [2.24, 2.45) is 0 Å². The molecule has 1 aliphatic heterocycles. The molecular weight excluding hydrogens is 355 g/mol. The van der Waals surface area contributed by atoms with Crippen molar-refractivity contribution in [1.82, 2.24) is 9.97 Å². The Kier molecular flexibility index (Phi) is 5.77. The summed E-state index contributed by atoms with van der Waals surface area (Å²) in [5, 5.41) is 6.50. The van der Waals surface area contributed by atoms with Crippen LogP contribution in [0.15, 0.2) is 60.7 Å². The van der Waals surface area contributed by atoms with Gasteiger partial charge in [-0.2, -0.15) is 4.98 Å². The summed E-state index contributed by atoms with van der Waals surface area (Å²) in [5.74, 6) is 0.948. The van der Waals surface area contributed by atoms with E-state index in [0.29, 0.717) is 30.4 Å². The molecule has 4 rings (SSSR count). The number of halogens is 1. The first-order valence-electron chi connectivity index (χ1n) is 9.55. The van der Waals surface area contributed by atoms with Crippen molar-refractivity contribution in [2.75, 3.05) is 23.8 Å². The Morgan fingerprint density at radius 1 is 1.00 bits per heavy atom. The molecule has 144 valence electrons. The van der Waals surface area contributed by atoms with Crippen LogP contribution >= 0.6 is 0 Å². The van der Waals surface area contributed by atoms with E-state index in [0.717, 1.165) is 30.7 Å². The summed E-state index contributed by atoms with van der Waals surface area (Å²) in [6.07, 6.45) is 2.33. The molecule has 2 heterocycles. The second-order valence-electron chi connectivity index (χ2n) is 6.79. The van der Waals surface area contributed by atoms with Crippen LogP contribution in [0.4, 0.5) is 16.2 Å². The highest BCUT2D eigenvalue weighted by Gasteiger charge is 2.16. The summed E-state index contributed by atoms with van der Waals surface area (Å²) in [6, 6.07) is 18.5. The van der Waals surface area contributed by atoms with E-state index < -0.39 is 0 Å². The van der Waals surface area contributed by atoms with E-state index in [1.165, 1.54) is 6.07 Å². The number of hydrogen-bond donors (Lipinski definition) is 2. The molecule has 0 aliphatic carbocycles. The average molecular weight is 378 g/mol. The predicted octanol–water partition coefficient (Wildman–Crippen LogP) is 4.49.